The Bertz CT molecular complexity index is 648. The van der Waals surface area contributed by atoms with Crippen molar-refractivity contribution in [3.63, 3.8) is 0 Å². The van der Waals surface area contributed by atoms with E-state index in [4.69, 9.17) is 4.74 Å². The van der Waals surface area contributed by atoms with Gasteiger partial charge in [0.2, 0.25) is 0 Å². The fourth-order valence-corrected chi connectivity index (χ4v) is 2.91. The zero-order valence-corrected chi connectivity index (χ0v) is 18.7. The monoisotopic (exact) mass is 524 g/mol. The van der Waals surface area contributed by atoms with Crippen molar-refractivity contribution >= 4 is 57.2 Å². The summed E-state index contributed by atoms with van der Waals surface area (Å²) < 4.78 is 6.73. The Balaban J connectivity index is 0.00000288. The summed E-state index contributed by atoms with van der Waals surface area (Å²) in [7, 11) is 3.78. The fourth-order valence-electron chi connectivity index (χ4n) is 2.05. The Hall–Kier alpha value is -0.870. The maximum atomic E-state index is 5.69. The van der Waals surface area contributed by atoms with E-state index in [0.717, 1.165) is 33.4 Å². The van der Waals surface area contributed by atoms with Crippen LogP contribution >= 0.6 is 51.2 Å². The van der Waals surface area contributed by atoms with Gasteiger partial charge in [-0.05, 0) is 31.2 Å². The summed E-state index contributed by atoms with van der Waals surface area (Å²) in [6, 6.07) is 7.81. The normalized spacial score (nSPS) is 10.9. The first kappa shape index (κ1) is 21.2. The molecule has 5 nitrogen and oxygen atoms in total. The molecule has 0 spiro atoms. The molecule has 0 radical (unpaired) electrons. The van der Waals surface area contributed by atoms with Crippen molar-refractivity contribution in [2.24, 2.45) is 4.99 Å². The molecular weight excluding hydrogens is 503 g/mol. The van der Waals surface area contributed by atoms with E-state index >= 15 is 0 Å². The topological polar surface area (TPSA) is 49.8 Å². The van der Waals surface area contributed by atoms with Gasteiger partial charge in [0.1, 0.15) is 12.4 Å². The first-order valence-corrected chi connectivity index (χ1v) is 8.97. The molecule has 0 unspecified atom stereocenters. The largest absolute Gasteiger partial charge is 0.492 e. The second-order valence-electron chi connectivity index (χ2n) is 4.99. The Kier molecular flexibility index (Phi) is 9.60. The molecule has 0 aliphatic rings. The first-order chi connectivity index (χ1) is 11.1. The number of aliphatic imine (C=N–C) groups is 1. The molecule has 0 fully saturated rings. The molecule has 1 aromatic carbocycles. The van der Waals surface area contributed by atoms with Crippen molar-refractivity contribution in [3.8, 4) is 5.75 Å². The number of aromatic nitrogens is 1. The molecule has 0 aliphatic carbocycles. The number of thiazole rings is 1. The number of aryl methyl sites for hydroxylation is 1. The maximum absolute atomic E-state index is 5.69. The summed E-state index contributed by atoms with van der Waals surface area (Å²) in [5.41, 5.74) is 1.06. The van der Waals surface area contributed by atoms with Crippen molar-refractivity contribution < 1.29 is 4.74 Å². The molecule has 0 saturated carbocycles. The van der Waals surface area contributed by atoms with Gasteiger partial charge in [-0.3, -0.25) is 4.99 Å². The Labute approximate surface area is 172 Å². The van der Waals surface area contributed by atoms with Gasteiger partial charge in [0, 0.05) is 23.9 Å². The van der Waals surface area contributed by atoms with Crippen LogP contribution in [0, 0.1) is 6.92 Å². The Morgan fingerprint density at radius 3 is 2.67 bits per heavy atom. The molecule has 0 saturated heterocycles. The number of nitrogens with one attached hydrogen (secondary N) is 1. The van der Waals surface area contributed by atoms with E-state index in [2.05, 4.69) is 36.6 Å². The second kappa shape index (κ2) is 10.9. The second-order valence-corrected chi connectivity index (χ2v) is 6.97. The summed E-state index contributed by atoms with van der Waals surface area (Å²) in [5, 5.41) is 6.46. The lowest BCUT2D eigenvalue weighted by Crippen LogP contribution is -2.40. The van der Waals surface area contributed by atoms with Crippen LogP contribution in [0.2, 0.25) is 0 Å². The molecular formula is C16H22BrIN4OS. The average molecular weight is 525 g/mol. The van der Waals surface area contributed by atoms with Gasteiger partial charge in [-0.2, -0.15) is 0 Å². The Morgan fingerprint density at radius 1 is 1.38 bits per heavy atom. The van der Waals surface area contributed by atoms with E-state index in [1.807, 2.05) is 43.1 Å². The predicted molar refractivity (Wildman–Crippen MR) is 115 cm³/mol. The van der Waals surface area contributed by atoms with E-state index in [1.165, 1.54) is 0 Å². The molecule has 8 heteroatoms. The SMILES string of the molecule is CN=C(NCCOc1ccc(Br)cc1)N(C)Cc1csc(C)n1.I. The van der Waals surface area contributed by atoms with Gasteiger partial charge < -0.3 is 15.0 Å². The van der Waals surface area contributed by atoms with E-state index in [1.54, 1.807) is 18.4 Å². The van der Waals surface area contributed by atoms with Crippen LogP contribution in [-0.2, 0) is 6.54 Å². The molecule has 2 aromatic rings. The highest BCUT2D eigenvalue weighted by Crippen LogP contribution is 2.15. The minimum atomic E-state index is 0. The minimum Gasteiger partial charge on any atom is -0.492 e. The molecule has 1 aromatic heterocycles. The number of rotatable bonds is 6. The quantitative estimate of drug-likeness (QED) is 0.269. The molecule has 24 heavy (non-hydrogen) atoms. The van der Waals surface area contributed by atoms with Crippen LogP contribution in [0.5, 0.6) is 5.75 Å². The first-order valence-electron chi connectivity index (χ1n) is 7.29. The van der Waals surface area contributed by atoms with Crippen LogP contribution < -0.4 is 10.1 Å². The van der Waals surface area contributed by atoms with Crippen LogP contribution in [-0.4, -0.2) is 43.1 Å². The van der Waals surface area contributed by atoms with Crippen LogP contribution in [0.3, 0.4) is 0 Å². The molecule has 0 atom stereocenters. The third kappa shape index (κ3) is 6.94. The zero-order valence-electron chi connectivity index (χ0n) is 14.0. The third-order valence-corrected chi connectivity index (χ3v) is 4.46. The van der Waals surface area contributed by atoms with Crippen molar-refractivity contribution in [2.75, 3.05) is 27.2 Å². The van der Waals surface area contributed by atoms with Crippen LogP contribution in [0.4, 0.5) is 0 Å². The number of hydrogen-bond donors (Lipinski definition) is 1. The Morgan fingerprint density at radius 2 is 2.08 bits per heavy atom. The van der Waals surface area contributed by atoms with Gasteiger partial charge in [-0.1, -0.05) is 15.9 Å². The number of benzene rings is 1. The molecule has 0 bridgehead atoms. The lowest BCUT2D eigenvalue weighted by molar-refractivity contribution is 0.319. The number of ether oxygens (including phenoxy) is 1. The molecule has 0 amide bonds. The number of nitrogens with zero attached hydrogens (tertiary/aromatic N) is 3. The number of guanidine groups is 1. The fraction of sp³-hybridized carbons (Fsp3) is 0.375. The van der Waals surface area contributed by atoms with Gasteiger partial charge in [-0.15, -0.1) is 35.3 Å². The number of halogens is 2. The smallest absolute Gasteiger partial charge is 0.193 e. The van der Waals surface area contributed by atoms with Crippen molar-refractivity contribution in [1.29, 1.82) is 0 Å². The molecule has 132 valence electrons. The van der Waals surface area contributed by atoms with Gasteiger partial charge in [-0.25, -0.2) is 4.98 Å². The lowest BCUT2D eigenvalue weighted by Gasteiger charge is -2.21. The van der Waals surface area contributed by atoms with E-state index in [0.29, 0.717) is 13.2 Å². The van der Waals surface area contributed by atoms with E-state index in [-0.39, 0.29) is 24.0 Å². The summed E-state index contributed by atoms with van der Waals surface area (Å²) in [6.45, 7) is 4.01. The lowest BCUT2D eigenvalue weighted by atomic mass is 10.3. The average Bonchev–Trinajstić information content (AvgIpc) is 2.94. The van der Waals surface area contributed by atoms with Crippen molar-refractivity contribution in [1.82, 2.24) is 15.2 Å². The maximum Gasteiger partial charge on any atom is 0.193 e. The van der Waals surface area contributed by atoms with Crippen LogP contribution in [0.15, 0.2) is 39.1 Å². The molecule has 2 rings (SSSR count). The molecule has 0 aliphatic heterocycles. The summed E-state index contributed by atoms with van der Waals surface area (Å²) >= 11 is 5.07. The highest BCUT2D eigenvalue weighted by Gasteiger charge is 2.08. The van der Waals surface area contributed by atoms with E-state index in [9.17, 15) is 0 Å². The molecule has 1 N–H and O–H groups in total. The van der Waals surface area contributed by atoms with Crippen molar-refractivity contribution in [2.45, 2.75) is 13.5 Å². The van der Waals surface area contributed by atoms with Gasteiger partial charge >= 0.3 is 0 Å². The molecule has 1 heterocycles. The summed E-state index contributed by atoms with van der Waals surface area (Å²) in [6.07, 6.45) is 0. The zero-order chi connectivity index (χ0) is 16.7. The van der Waals surface area contributed by atoms with Gasteiger partial charge in [0.15, 0.2) is 5.96 Å². The van der Waals surface area contributed by atoms with Gasteiger partial charge in [0.25, 0.3) is 0 Å². The van der Waals surface area contributed by atoms with Crippen LogP contribution in [0.1, 0.15) is 10.7 Å². The van der Waals surface area contributed by atoms with Crippen molar-refractivity contribution in [3.05, 3.63) is 44.8 Å². The third-order valence-electron chi connectivity index (χ3n) is 3.11. The standard InChI is InChI=1S/C16H21BrN4OS.HI/c1-12-20-14(11-23-12)10-21(3)16(18-2)19-8-9-22-15-6-4-13(17)5-7-15;/h4-7,11H,8-10H2,1-3H3,(H,18,19);1H. The van der Waals surface area contributed by atoms with Gasteiger partial charge in [0.05, 0.1) is 23.8 Å². The highest BCUT2D eigenvalue weighted by atomic mass is 127. The number of hydrogen-bond acceptors (Lipinski definition) is 4. The predicted octanol–water partition coefficient (Wildman–Crippen LogP) is 3.92. The minimum absolute atomic E-state index is 0. The van der Waals surface area contributed by atoms with Crippen LogP contribution in [0.25, 0.3) is 0 Å². The van der Waals surface area contributed by atoms with E-state index < -0.39 is 0 Å². The summed E-state index contributed by atoms with van der Waals surface area (Å²) in [5.74, 6) is 1.69. The highest BCUT2D eigenvalue weighted by molar-refractivity contribution is 14.0. The summed E-state index contributed by atoms with van der Waals surface area (Å²) in [4.78, 5) is 10.8.